The summed E-state index contributed by atoms with van der Waals surface area (Å²) in [6.45, 7) is 10.3. The quantitative estimate of drug-likeness (QED) is 0.723. The maximum Gasteiger partial charge on any atom is 0.0246 e. The van der Waals surface area contributed by atoms with E-state index in [1.807, 2.05) is 7.05 Å². The zero-order valence-electron chi connectivity index (χ0n) is 10.4. The molecule has 0 aromatic rings. The molecule has 2 nitrogen and oxygen atoms in total. The Morgan fingerprint density at radius 1 is 1.36 bits per heavy atom. The summed E-state index contributed by atoms with van der Waals surface area (Å²) in [7, 11) is 2.03. The number of hydrogen-bond donors (Lipinski definition) is 2. The van der Waals surface area contributed by atoms with E-state index in [0.717, 1.165) is 12.6 Å². The lowest BCUT2D eigenvalue weighted by molar-refractivity contribution is 0.337. The van der Waals surface area contributed by atoms with Crippen LogP contribution < -0.4 is 10.6 Å². The van der Waals surface area contributed by atoms with Gasteiger partial charge >= 0.3 is 0 Å². The lowest BCUT2D eigenvalue weighted by atomic mass is 9.92. The van der Waals surface area contributed by atoms with Crippen molar-refractivity contribution >= 4 is 0 Å². The van der Waals surface area contributed by atoms with Crippen LogP contribution in [-0.4, -0.2) is 25.2 Å². The zero-order valence-corrected chi connectivity index (χ0v) is 10.4. The summed E-state index contributed by atoms with van der Waals surface area (Å²) in [4.78, 5) is 0. The smallest absolute Gasteiger partial charge is 0.0246 e. The second kappa shape index (κ2) is 4.19. The molecule has 1 fully saturated rings. The average molecular weight is 198 g/mol. The summed E-state index contributed by atoms with van der Waals surface area (Å²) in [5.41, 5.74) is 0.772. The van der Waals surface area contributed by atoms with Crippen molar-refractivity contribution in [1.82, 2.24) is 10.6 Å². The van der Waals surface area contributed by atoms with Gasteiger partial charge in [-0.3, -0.25) is 0 Å². The van der Waals surface area contributed by atoms with Crippen molar-refractivity contribution in [3.63, 3.8) is 0 Å². The molecule has 1 unspecified atom stereocenters. The Morgan fingerprint density at radius 2 is 2.00 bits per heavy atom. The molecule has 2 heteroatoms. The predicted molar refractivity (Wildman–Crippen MR) is 62.6 cm³/mol. The maximum atomic E-state index is 3.67. The molecule has 1 atom stereocenters. The van der Waals surface area contributed by atoms with Crippen LogP contribution in [0.2, 0.25) is 0 Å². The molecule has 0 aliphatic heterocycles. The van der Waals surface area contributed by atoms with Gasteiger partial charge in [0.25, 0.3) is 0 Å². The second-order valence-corrected chi connectivity index (χ2v) is 6.12. The first kappa shape index (κ1) is 12.0. The third-order valence-electron chi connectivity index (χ3n) is 3.48. The fourth-order valence-corrected chi connectivity index (χ4v) is 2.10. The molecule has 0 bridgehead atoms. The normalized spacial score (nSPS) is 26.8. The number of hydrogen-bond acceptors (Lipinski definition) is 2. The Morgan fingerprint density at radius 3 is 2.43 bits per heavy atom. The van der Waals surface area contributed by atoms with Crippen LogP contribution in [0.3, 0.4) is 0 Å². The summed E-state index contributed by atoms with van der Waals surface area (Å²) in [6, 6.07) is 0.734. The Labute approximate surface area is 88.8 Å². The van der Waals surface area contributed by atoms with E-state index in [0.29, 0.717) is 5.41 Å². The molecule has 0 spiro atoms. The van der Waals surface area contributed by atoms with Gasteiger partial charge in [0.2, 0.25) is 0 Å². The van der Waals surface area contributed by atoms with Gasteiger partial charge in [-0.15, -0.1) is 0 Å². The summed E-state index contributed by atoms with van der Waals surface area (Å²) >= 11 is 0. The molecule has 0 radical (unpaired) electrons. The van der Waals surface area contributed by atoms with Crippen LogP contribution in [0.1, 0.15) is 47.0 Å². The molecule has 0 amide bonds. The molecule has 1 rings (SSSR count). The van der Waals surface area contributed by atoms with Gasteiger partial charge in [-0.2, -0.15) is 0 Å². The van der Waals surface area contributed by atoms with E-state index < -0.39 is 0 Å². The van der Waals surface area contributed by atoms with E-state index in [1.165, 1.54) is 19.3 Å². The van der Waals surface area contributed by atoms with Gasteiger partial charge in [0, 0.05) is 18.1 Å². The largest absolute Gasteiger partial charge is 0.314 e. The van der Waals surface area contributed by atoms with Gasteiger partial charge in [0.1, 0.15) is 0 Å². The Balaban J connectivity index is 2.27. The molecule has 84 valence electrons. The molecule has 0 aromatic carbocycles. The standard InChI is InChI=1S/C12H26N2/c1-11(2)7-6-10(8-11)14-9-12(3,4)13-5/h10,13-14H,6-9H2,1-5H3. The molecule has 0 saturated heterocycles. The van der Waals surface area contributed by atoms with Crippen molar-refractivity contribution in [3.8, 4) is 0 Å². The Kier molecular flexibility index (Phi) is 3.59. The van der Waals surface area contributed by atoms with Crippen LogP contribution in [0.25, 0.3) is 0 Å². The number of rotatable bonds is 4. The zero-order chi connectivity index (χ0) is 10.8. The highest BCUT2D eigenvalue weighted by molar-refractivity contribution is 4.89. The molecule has 2 N–H and O–H groups in total. The van der Waals surface area contributed by atoms with Gasteiger partial charge in [0.15, 0.2) is 0 Å². The van der Waals surface area contributed by atoms with Gasteiger partial charge in [-0.1, -0.05) is 13.8 Å². The van der Waals surface area contributed by atoms with Crippen LogP contribution in [0.15, 0.2) is 0 Å². The molecule has 1 aliphatic carbocycles. The van der Waals surface area contributed by atoms with Crippen molar-refractivity contribution in [2.45, 2.75) is 58.5 Å². The first-order chi connectivity index (χ1) is 6.35. The average Bonchev–Trinajstić information content (AvgIpc) is 2.43. The van der Waals surface area contributed by atoms with Crippen molar-refractivity contribution in [2.24, 2.45) is 5.41 Å². The van der Waals surface area contributed by atoms with Gasteiger partial charge < -0.3 is 10.6 Å². The molecule has 0 aromatic heterocycles. The highest BCUT2D eigenvalue weighted by atomic mass is 15.0. The van der Waals surface area contributed by atoms with E-state index in [4.69, 9.17) is 0 Å². The second-order valence-electron chi connectivity index (χ2n) is 6.12. The topological polar surface area (TPSA) is 24.1 Å². The van der Waals surface area contributed by atoms with Crippen molar-refractivity contribution in [3.05, 3.63) is 0 Å². The van der Waals surface area contributed by atoms with E-state index in [9.17, 15) is 0 Å². The fraction of sp³-hybridized carbons (Fsp3) is 1.00. The van der Waals surface area contributed by atoms with E-state index >= 15 is 0 Å². The molecule has 14 heavy (non-hydrogen) atoms. The van der Waals surface area contributed by atoms with Crippen molar-refractivity contribution < 1.29 is 0 Å². The lowest BCUT2D eigenvalue weighted by Crippen LogP contribution is -2.48. The number of likely N-dealkylation sites (N-methyl/N-ethyl adjacent to an activating group) is 1. The molecule has 1 saturated carbocycles. The molecular weight excluding hydrogens is 172 g/mol. The van der Waals surface area contributed by atoms with Crippen LogP contribution in [0.4, 0.5) is 0 Å². The van der Waals surface area contributed by atoms with Gasteiger partial charge in [-0.05, 0) is 45.6 Å². The molecule has 1 aliphatic rings. The predicted octanol–water partition coefficient (Wildman–Crippen LogP) is 2.15. The van der Waals surface area contributed by atoms with Crippen LogP contribution in [0, 0.1) is 5.41 Å². The third kappa shape index (κ3) is 3.58. The molecular formula is C12H26N2. The van der Waals surface area contributed by atoms with Crippen LogP contribution in [-0.2, 0) is 0 Å². The van der Waals surface area contributed by atoms with E-state index in [2.05, 4.69) is 38.3 Å². The van der Waals surface area contributed by atoms with Gasteiger partial charge in [-0.25, -0.2) is 0 Å². The highest BCUT2D eigenvalue weighted by Gasteiger charge is 2.31. The van der Waals surface area contributed by atoms with Crippen molar-refractivity contribution in [1.29, 1.82) is 0 Å². The Bertz CT molecular complexity index is 185. The summed E-state index contributed by atoms with van der Waals surface area (Å²) in [6.07, 6.45) is 4.03. The summed E-state index contributed by atoms with van der Waals surface area (Å²) < 4.78 is 0. The highest BCUT2D eigenvalue weighted by Crippen LogP contribution is 2.36. The third-order valence-corrected chi connectivity index (χ3v) is 3.48. The fourth-order valence-electron chi connectivity index (χ4n) is 2.10. The summed E-state index contributed by atoms with van der Waals surface area (Å²) in [5, 5.41) is 6.99. The SMILES string of the molecule is CNC(C)(C)CNC1CCC(C)(C)C1. The monoisotopic (exact) mass is 198 g/mol. The Hall–Kier alpha value is -0.0800. The first-order valence-corrected chi connectivity index (χ1v) is 5.77. The minimum atomic E-state index is 0.215. The summed E-state index contributed by atoms with van der Waals surface area (Å²) in [5.74, 6) is 0. The van der Waals surface area contributed by atoms with Crippen LogP contribution >= 0.6 is 0 Å². The maximum absolute atomic E-state index is 3.67. The van der Waals surface area contributed by atoms with E-state index in [1.54, 1.807) is 0 Å². The minimum absolute atomic E-state index is 0.215. The van der Waals surface area contributed by atoms with Gasteiger partial charge in [0.05, 0.1) is 0 Å². The number of nitrogens with one attached hydrogen (secondary N) is 2. The van der Waals surface area contributed by atoms with E-state index in [-0.39, 0.29) is 5.54 Å². The van der Waals surface area contributed by atoms with Crippen molar-refractivity contribution in [2.75, 3.05) is 13.6 Å². The molecule has 0 heterocycles. The first-order valence-electron chi connectivity index (χ1n) is 5.77. The lowest BCUT2D eigenvalue weighted by Gasteiger charge is -2.27. The van der Waals surface area contributed by atoms with Crippen LogP contribution in [0.5, 0.6) is 0 Å². The minimum Gasteiger partial charge on any atom is -0.314 e.